The van der Waals surface area contributed by atoms with Crippen LogP contribution in [0.1, 0.15) is 47.7 Å². The van der Waals surface area contributed by atoms with Gasteiger partial charge in [-0.05, 0) is 20.8 Å². The van der Waals surface area contributed by atoms with Crippen LogP contribution in [-0.4, -0.2) is 50.1 Å². The summed E-state index contributed by atoms with van der Waals surface area (Å²) >= 11 is 0. The highest BCUT2D eigenvalue weighted by molar-refractivity contribution is 5.92. The zero-order valence-electron chi connectivity index (χ0n) is 13.9. The summed E-state index contributed by atoms with van der Waals surface area (Å²) in [5.41, 5.74) is 1.70. The Morgan fingerprint density at radius 1 is 1.39 bits per heavy atom. The van der Waals surface area contributed by atoms with Gasteiger partial charge in [0, 0.05) is 38.0 Å². The molecule has 1 amide bonds. The molecule has 0 bridgehead atoms. The normalized spacial score (nSPS) is 17.3. The summed E-state index contributed by atoms with van der Waals surface area (Å²) in [6, 6.07) is -0.0549. The van der Waals surface area contributed by atoms with Crippen molar-refractivity contribution in [1.29, 1.82) is 0 Å². The van der Waals surface area contributed by atoms with Gasteiger partial charge in [-0.2, -0.15) is 0 Å². The van der Waals surface area contributed by atoms with Crippen molar-refractivity contribution in [3.63, 3.8) is 0 Å². The van der Waals surface area contributed by atoms with Crippen LogP contribution >= 0.6 is 0 Å². The molecule has 0 spiro atoms. The van der Waals surface area contributed by atoms with Gasteiger partial charge in [-0.25, -0.2) is 9.97 Å². The molecule has 23 heavy (non-hydrogen) atoms. The number of carbonyl (C=O) groups is 1. The van der Waals surface area contributed by atoms with E-state index in [1.807, 2.05) is 31.9 Å². The lowest BCUT2D eigenvalue weighted by Crippen LogP contribution is -2.41. The topological polar surface area (TPSA) is 76.0 Å². The van der Waals surface area contributed by atoms with Gasteiger partial charge in [-0.3, -0.25) is 4.79 Å². The van der Waals surface area contributed by atoms with E-state index in [-0.39, 0.29) is 11.9 Å². The highest BCUT2D eigenvalue weighted by Gasteiger charge is 2.31. The molecule has 0 saturated heterocycles. The fraction of sp³-hybridized carbons (Fsp3) is 0.562. The first-order chi connectivity index (χ1) is 11.1. The number of aryl methyl sites for hydroxylation is 1. The van der Waals surface area contributed by atoms with E-state index in [0.29, 0.717) is 18.8 Å². The van der Waals surface area contributed by atoms with Crippen molar-refractivity contribution in [2.75, 3.05) is 19.8 Å². The van der Waals surface area contributed by atoms with E-state index in [1.165, 1.54) is 5.69 Å². The number of hydrogen-bond acceptors (Lipinski definition) is 4. The van der Waals surface area contributed by atoms with Crippen LogP contribution in [0.15, 0.2) is 12.4 Å². The van der Waals surface area contributed by atoms with E-state index >= 15 is 0 Å². The molecule has 0 saturated carbocycles. The minimum atomic E-state index is -0.0549. The van der Waals surface area contributed by atoms with Crippen LogP contribution in [0.5, 0.6) is 0 Å². The minimum Gasteiger partial charge on any atom is -0.381 e. The molecule has 2 aromatic rings. The molecular weight excluding hydrogens is 294 g/mol. The SMILES string of the molecule is CCOCCc1cnc2n1CCN(C(=O)c1cnc(C)[nH]1)[C@H]2C. The fourth-order valence-electron chi connectivity index (χ4n) is 3.04. The third kappa shape index (κ3) is 3.01. The Hall–Kier alpha value is -2.15. The largest absolute Gasteiger partial charge is 0.381 e. The standard InChI is InChI=1S/C16H23N5O2/c1-4-23-8-5-13-9-18-15-11(2)20(6-7-21(13)15)16(22)14-10-17-12(3)19-14/h9-11H,4-8H2,1-3H3,(H,17,19)/t11-/m0/s1. The minimum absolute atomic E-state index is 0.0248. The number of fused-ring (bicyclic) bond motifs is 1. The Morgan fingerprint density at radius 2 is 2.22 bits per heavy atom. The summed E-state index contributed by atoms with van der Waals surface area (Å²) in [4.78, 5) is 26.2. The highest BCUT2D eigenvalue weighted by atomic mass is 16.5. The second kappa shape index (κ2) is 6.54. The molecule has 7 nitrogen and oxygen atoms in total. The predicted molar refractivity (Wildman–Crippen MR) is 85.2 cm³/mol. The van der Waals surface area contributed by atoms with Crippen molar-refractivity contribution in [2.45, 2.75) is 39.8 Å². The molecule has 1 atom stereocenters. The van der Waals surface area contributed by atoms with Crippen LogP contribution in [0.25, 0.3) is 0 Å². The van der Waals surface area contributed by atoms with Crippen LogP contribution < -0.4 is 0 Å². The van der Waals surface area contributed by atoms with E-state index < -0.39 is 0 Å². The fourth-order valence-corrected chi connectivity index (χ4v) is 3.04. The van der Waals surface area contributed by atoms with Gasteiger partial charge in [-0.1, -0.05) is 0 Å². The Morgan fingerprint density at radius 3 is 2.91 bits per heavy atom. The molecule has 1 N–H and O–H groups in total. The van der Waals surface area contributed by atoms with Gasteiger partial charge in [-0.15, -0.1) is 0 Å². The zero-order valence-corrected chi connectivity index (χ0v) is 13.9. The molecule has 3 rings (SSSR count). The van der Waals surface area contributed by atoms with E-state index in [0.717, 1.165) is 31.2 Å². The maximum atomic E-state index is 12.6. The maximum Gasteiger partial charge on any atom is 0.272 e. The summed E-state index contributed by atoms with van der Waals surface area (Å²) in [7, 11) is 0. The number of amides is 1. The summed E-state index contributed by atoms with van der Waals surface area (Å²) in [5.74, 6) is 1.66. The number of rotatable bonds is 5. The molecular formula is C16H23N5O2. The van der Waals surface area contributed by atoms with Crippen molar-refractivity contribution in [1.82, 2.24) is 24.4 Å². The van der Waals surface area contributed by atoms with Gasteiger partial charge < -0.3 is 19.2 Å². The quantitative estimate of drug-likeness (QED) is 0.852. The lowest BCUT2D eigenvalue weighted by atomic mass is 10.2. The van der Waals surface area contributed by atoms with Gasteiger partial charge in [0.25, 0.3) is 5.91 Å². The lowest BCUT2D eigenvalue weighted by Gasteiger charge is -2.34. The molecule has 0 unspecified atom stereocenters. The van der Waals surface area contributed by atoms with Crippen LogP contribution in [0.4, 0.5) is 0 Å². The Kier molecular flexibility index (Phi) is 4.47. The second-order valence-corrected chi connectivity index (χ2v) is 5.76. The average molecular weight is 317 g/mol. The summed E-state index contributed by atoms with van der Waals surface area (Å²) in [6.45, 7) is 8.71. The number of hydrogen-bond donors (Lipinski definition) is 1. The molecule has 0 radical (unpaired) electrons. The van der Waals surface area contributed by atoms with Crippen molar-refractivity contribution < 1.29 is 9.53 Å². The van der Waals surface area contributed by atoms with Crippen molar-refractivity contribution >= 4 is 5.91 Å². The van der Waals surface area contributed by atoms with Crippen molar-refractivity contribution in [3.8, 4) is 0 Å². The van der Waals surface area contributed by atoms with Crippen LogP contribution in [-0.2, 0) is 17.7 Å². The first kappa shape index (κ1) is 15.7. The number of H-pyrrole nitrogens is 1. The predicted octanol–water partition coefficient (Wildman–Crippen LogP) is 1.71. The molecule has 7 heteroatoms. The van der Waals surface area contributed by atoms with Crippen LogP contribution in [0.3, 0.4) is 0 Å². The molecule has 0 aromatic carbocycles. The molecule has 124 valence electrons. The average Bonchev–Trinajstić information content (AvgIpc) is 3.15. The van der Waals surface area contributed by atoms with E-state index in [1.54, 1.807) is 6.20 Å². The summed E-state index contributed by atoms with van der Waals surface area (Å²) in [5, 5.41) is 0. The molecule has 1 aliphatic heterocycles. The Balaban J connectivity index is 1.76. The van der Waals surface area contributed by atoms with Gasteiger partial charge in [0.2, 0.25) is 0 Å². The molecule has 1 aliphatic rings. The third-order valence-corrected chi connectivity index (χ3v) is 4.28. The van der Waals surface area contributed by atoms with Gasteiger partial charge in [0.1, 0.15) is 17.3 Å². The number of nitrogens with zero attached hydrogens (tertiary/aromatic N) is 4. The number of imidazole rings is 2. The van der Waals surface area contributed by atoms with Crippen LogP contribution in [0, 0.1) is 6.92 Å². The van der Waals surface area contributed by atoms with Gasteiger partial charge in [0.05, 0.1) is 18.8 Å². The summed E-state index contributed by atoms with van der Waals surface area (Å²) < 4.78 is 7.64. The lowest BCUT2D eigenvalue weighted by molar-refractivity contribution is 0.0629. The Bertz CT molecular complexity index is 690. The van der Waals surface area contributed by atoms with Crippen molar-refractivity contribution in [3.05, 3.63) is 35.4 Å². The third-order valence-electron chi connectivity index (χ3n) is 4.28. The maximum absolute atomic E-state index is 12.6. The molecule has 3 heterocycles. The van der Waals surface area contributed by atoms with E-state index in [9.17, 15) is 4.79 Å². The monoisotopic (exact) mass is 317 g/mol. The van der Waals surface area contributed by atoms with E-state index in [4.69, 9.17) is 4.74 Å². The smallest absolute Gasteiger partial charge is 0.272 e. The van der Waals surface area contributed by atoms with Gasteiger partial charge in [0.15, 0.2) is 0 Å². The number of aromatic nitrogens is 4. The van der Waals surface area contributed by atoms with Crippen LogP contribution in [0.2, 0.25) is 0 Å². The van der Waals surface area contributed by atoms with Gasteiger partial charge >= 0.3 is 0 Å². The van der Waals surface area contributed by atoms with E-state index in [2.05, 4.69) is 19.5 Å². The summed E-state index contributed by atoms with van der Waals surface area (Å²) in [6.07, 6.45) is 4.35. The molecule has 0 aliphatic carbocycles. The van der Waals surface area contributed by atoms with Crippen molar-refractivity contribution in [2.24, 2.45) is 0 Å². The number of ether oxygens (including phenoxy) is 1. The first-order valence-corrected chi connectivity index (χ1v) is 8.06. The first-order valence-electron chi connectivity index (χ1n) is 8.06. The second-order valence-electron chi connectivity index (χ2n) is 5.76. The Labute approximate surface area is 135 Å². The molecule has 2 aromatic heterocycles. The number of nitrogens with one attached hydrogen (secondary N) is 1. The number of aromatic amines is 1. The highest BCUT2D eigenvalue weighted by Crippen LogP contribution is 2.26. The number of carbonyl (C=O) groups excluding carboxylic acids is 1. The zero-order chi connectivity index (χ0) is 16.4. The molecule has 0 fully saturated rings.